The molecular formula is C13H18FNO2. The van der Waals surface area contributed by atoms with Gasteiger partial charge in [-0.25, -0.2) is 4.39 Å². The number of nitrogens with one attached hydrogen (secondary N) is 1. The third-order valence-corrected chi connectivity index (χ3v) is 2.75. The third-order valence-electron chi connectivity index (χ3n) is 2.75. The van der Waals surface area contributed by atoms with E-state index in [9.17, 15) is 4.39 Å². The van der Waals surface area contributed by atoms with Crippen LogP contribution in [-0.4, -0.2) is 31.9 Å². The minimum Gasteiger partial charge on any atom is -0.374 e. The van der Waals surface area contributed by atoms with E-state index in [1.54, 1.807) is 12.1 Å². The molecule has 94 valence electrons. The van der Waals surface area contributed by atoms with Crippen LogP contribution in [0.1, 0.15) is 12.5 Å². The highest BCUT2D eigenvalue weighted by molar-refractivity contribution is 5.16. The predicted molar refractivity (Wildman–Crippen MR) is 63.3 cm³/mol. The Kier molecular flexibility index (Phi) is 4.48. The van der Waals surface area contributed by atoms with Crippen LogP contribution in [0.5, 0.6) is 0 Å². The number of morpholine rings is 1. The van der Waals surface area contributed by atoms with Gasteiger partial charge in [0, 0.05) is 18.7 Å². The first-order valence-electron chi connectivity index (χ1n) is 5.93. The van der Waals surface area contributed by atoms with E-state index >= 15 is 0 Å². The molecule has 2 rings (SSSR count). The van der Waals surface area contributed by atoms with E-state index in [1.165, 1.54) is 6.07 Å². The highest BCUT2D eigenvalue weighted by Crippen LogP contribution is 2.09. The summed E-state index contributed by atoms with van der Waals surface area (Å²) < 4.78 is 24.5. The summed E-state index contributed by atoms with van der Waals surface area (Å²) in [6.07, 6.45) is 0.274. The molecule has 3 nitrogen and oxygen atoms in total. The SMILES string of the molecule is CC1CNCC(COCc2ccccc2F)O1. The average Bonchev–Trinajstić information content (AvgIpc) is 2.32. The molecule has 0 aliphatic carbocycles. The maximum absolute atomic E-state index is 13.3. The molecule has 0 bridgehead atoms. The van der Waals surface area contributed by atoms with Crippen molar-refractivity contribution in [3.05, 3.63) is 35.6 Å². The molecule has 17 heavy (non-hydrogen) atoms. The standard InChI is InChI=1S/C13H18FNO2/c1-10-6-15-7-12(17-10)9-16-8-11-4-2-3-5-13(11)14/h2-5,10,12,15H,6-9H2,1H3. The quantitative estimate of drug-likeness (QED) is 0.867. The van der Waals surface area contributed by atoms with Crippen LogP contribution in [0.3, 0.4) is 0 Å². The van der Waals surface area contributed by atoms with Crippen molar-refractivity contribution in [2.45, 2.75) is 25.7 Å². The van der Waals surface area contributed by atoms with E-state index in [4.69, 9.17) is 9.47 Å². The summed E-state index contributed by atoms with van der Waals surface area (Å²) in [5, 5.41) is 3.27. The number of hydrogen-bond donors (Lipinski definition) is 1. The van der Waals surface area contributed by atoms with Gasteiger partial charge in [0.1, 0.15) is 5.82 Å². The Morgan fingerprint density at radius 3 is 3.00 bits per heavy atom. The smallest absolute Gasteiger partial charge is 0.128 e. The van der Waals surface area contributed by atoms with Crippen LogP contribution in [0.25, 0.3) is 0 Å². The maximum Gasteiger partial charge on any atom is 0.128 e. The topological polar surface area (TPSA) is 30.5 Å². The Morgan fingerprint density at radius 1 is 1.41 bits per heavy atom. The molecule has 1 fully saturated rings. The molecule has 0 radical (unpaired) electrons. The first-order chi connectivity index (χ1) is 8.25. The van der Waals surface area contributed by atoms with E-state index in [0.29, 0.717) is 18.8 Å². The van der Waals surface area contributed by atoms with Crippen LogP contribution < -0.4 is 5.32 Å². The normalized spacial score (nSPS) is 24.8. The van der Waals surface area contributed by atoms with Crippen LogP contribution in [0.2, 0.25) is 0 Å². The lowest BCUT2D eigenvalue weighted by Crippen LogP contribution is -2.45. The number of ether oxygens (including phenoxy) is 2. The highest BCUT2D eigenvalue weighted by Gasteiger charge is 2.18. The molecule has 2 unspecified atom stereocenters. The molecule has 1 heterocycles. The molecule has 1 N–H and O–H groups in total. The van der Waals surface area contributed by atoms with Gasteiger partial charge in [0.2, 0.25) is 0 Å². The first-order valence-corrected chi connectivity index (χ1v) is 5.93. The zero-order valence-electron chi connectivity index (χ0n) is 9.99. The van der Waals surface area contributed by atoms with Crippen molar-refractivity contribution in [3.63, 3.8) is 0 Å². The van der Waals surface area contributed by atoms with E-state index in [2.05, 4.69) is 5.32 Å². The van der Waals surface area contributed by atoms with Crippen molar-refractivity contribution in [2.75, 3.05) is 19.7 Å². The lowest BCUT2D eigenvalue weighted by Gasteiger charge is -2.28. The minimum absolute atomic E-state index is 0.0607. The third kappa shape index (κ3) is 3.77. The Bertz CT molecular complexity index is 359. The maximum atomic E-state index is 13.3. The van der Waals surface area contributed by atoms with Crippen molar-refractivity contribution in [1.82, 2.24) is 5.32 Å². The number of hydrogen-bond acceptors (Lipinski definition) is 3. The molecule has 1 aliphatic rings. The van der Waals surface area contributed by atoms with Crippen LogP contribution >= 0.6 is 0 Å². The molecule has 1 aromatic rings. The molecule has 0 amide bonds. The van der Waals surface area contributed by atoms with Crippen molar-refractivity contribution in [1.29, 1.82) is 0 Å². The van der Waals surface area contributed by atoms with Crippen LogP contribution in [0.4, 0.5) is 4.39 Å². The molecule has 1 aliphatic heterocycles. The van der Waals surface area contributed by atoms with E-state index in [-0.39, 0.29) is 18.0 Å². The Balaban J connectivity index is 1.74. The minimum atomic E-state index is -0.219. The van der Waals surface area contributed by atoms with Gasteiger partial charge in [-0.3, -0.25) is 0 Å². The molecule has 0 spiro atoms. The van der Waals surface area contributed by atoms with Crippen molar-refractivity contribution < 1.29 is 13.9 Å². The summed E-state index contributed by atoms with van der Waals surface area (Å²) in [6, 6.07) is 6.66. The summed E-state index contributed by atoms with van der Waals surface area (Å²) in [4.78, 5) is 0. The zero-order chi connectivity index (χ0) is 12.1. The summed E-state index contributed by atoms with van der Waals surface area (Å²) in [6.45, 7) is 4.48. The van der Waals surface area contributed by atoms with Gasteiger partial charge in [0.05, 0.1) is 25.4 Å². The summed E-state index contributed by atoms with van der Waals surface area (Å²) in [5.41, 5.74) is 0.587. The van der Waals surface area contributed by atoms with E-state index < -0.39 is 0 Å². The van der Waals surface area contributed by atoms with Gasteiger partial charge in [0.15, 0.2) is 0 Å². The van der Waals surface area contributed by atoms with Crippen molar-refractivity contribution >= 4 is 0 Å². The zero-order valence-corrected chi connectivity index (χ0v) is 9.99. The van der Waals surface area contributed by atoms with Crippen molar-refractivity contribution in [3.8, 4) is 0 Å². The number of benzene rings is 1. The summed E-state index contributed by atoms with van der Waals surface area (Å²) in [5.74, 6) is -0.219. The van der Waals surface area contributed by atoms with Crippen LogP contribution in [-0.2, 0) is 16.1 Å². The van der Waals surface area contributed by atoms with Crippen molar-refractivity contribution in [2.24, 2.45) is 0 Å². The summed E-state index contributed by atoms with van der Waals surface area (Å²) >= 11 is 0. The van der Waals surface area contributed by atoms with Gasteiger partial charge >= 0.3 is 0 Å². The Hall–Kier alpha value is -0.970. The second-order valence-corrected chi connectivity index (χ2v) is 4.33. The van der Waals surface area contributed by atoms with E-state index in [0.717, 1.165) is 13.1 Å². The Morgan fingerprint density at radius 2 is 2.24 bits per heavy atom. The van der Waals surface area contributed by atoms with E-state index in [1.807, 2.05) is 13.0 Å². The number of halogens is 1. The fraction of sp³-hybridized carbons (Fsp3) is 0.538. The lowest BCUT2D eigenvalue weighted by atomic mass is 10.2. The van der Waals surface area contributed by atoms with Gasteiger partial charge in [-0.15, -0.1) is 0 Å². The van der Waals surface area contributed by atoms with Gasteiger partial charge in [0.25, 0.3) is 0 Å². The fourth-order valence-electron chi connectivity index (χ4n) is 1.89. The second kappa shape index (κ2) is 6.10. The van der Waals surface area contributed by atoms with Gasteiger partial charge in [-0.05, 0) is 13.0 Å². The molecule has 1 aromatic carbocycles. The molecule has 0 saturated carbocycles. The Labute approximate surface area is 101 Å². The van der Waals surface area contributed by atoms with Gasteiger partial charge in [-0.2, -0.15) is 0 Å². The molecule has 4 heteroatoms. The lowest BCUT2D eigenvalue weighted by molar-refractivity contribution is -0.0719. The predicted octanol–water partition coefficient (Wildman–Crippen LogP) is 1.72. The van der Waals surface area contributed by atoms with Gasteiger partial charge < -0.3 is 14.8 Å². The van der Waals surface area contributed by atoms with Crippen LogP contribution in [0.15, 0.2) is 24.3 Å². The molecule has 0 aromatic heterocycles. The fourth-order valence-corrected chi connectivity index (χ4v) is 1.89. The first kappa shape index (κ1) is 12.5. The monoisotopic (exact) mass is 239 g/mol. The molecular weight excluding hydrogens is 221 g/mol. The van der Waals surface area contributed by atoms with Gasteiger partial charge in [-0.1, -0.05) is 18.2 Å². The highest BCUT2D eigenvalue weighted by atomic mass is 19.1. The van der Waals surface area contributed by atoms with Crippen LogP contribution in [0, 0.1) is 5.82 Å². The second-order valence-electron chi connectivity index (χ2n) is 4.33. The molecule has 1 saturated heterocycles. The molecule has 2 atom stereocenters. The average molecular weight is 239 g/mol. The largest absolute Gasteiger partial charge is 0.374 e. The number of rotatable bonds is 4. The summed E-state index contributed by atoms with van der Waals surface area (Å²) in [7, 11) is 0.